The summed E-state index contributed by atoms with van der Waals surface area (Å²) in [5, 5.41) is 5.56. The van der Waals surface area contributed by atoms with Crippen molar-refractivity contribution in [1.82, 2.24) is 5.32 Å². The number of carbonyl (C=O) groups is 2. The maximum atomic E-state index is 12.4. The van der Waals surface area contributed by atoms with Crippen molar-refractivity contribution in [3.8, 4) is 0 Å². The van der Waals surface area contributed by atoms with Gasteiger partial charge in [0, 0.05) is 10.2 Å². The first kappa shape index (κ1) is 24.3. The molecule has 0 aromatic heterocycles. The summed E-state index contributed by atoms with van der Waals surface area (Å²) in [4.78, 5) is 24.6. The van der Waals surface area contributed by atoms with Crippen LogP contribution in [0.25, 0.3) is 0 Å². The van der Waals surface area contributed by atoms with Crippen molar-refractivity contribution in [2.24, 2.45) is 0 Å². The number of nitrogens with one attached hydrogen (secondary N) is 2. The average molecular weight is 511 g/mol. The van der Waals surface area contributed by atoms with E-state index in [1.807, 2.05) is 75.4 Å². The Bertz CT molecular complexity index is 1100. The minimum Gasteiger partial charge on any atom is -0.445 e. The highest BCUT2D eigenvalue weighted by molar-refractivity contribution is 9.10. The second-order valence-corrected chi connectivity index (χ2v) is 8.64. The minimum absolute atomic E-state index is 0.197. The van der Waals surface area contributed by atoms with Crippen LogP contribution in [-0.2, 0) is 16.1 Å². The quantitative estimate of drug-likeness (QED) is 0.356. The highest BCUT2D eigenvalue weighted by Crippen LogP contribution is 2.25. The predicted octanol–water partition coefficient (Wildman–Crippen LogP) is 7.05. The molecule has 3 aromatic carbocycles. The van der Waals surface area contributed by atoms with E-state index in [1.165, 1.54) is 0 Å². The van der Waals surface area contributed by atoms with E-state index >= 15 is 0 Å². The van der Waals surface area contributed by atoms with Crippen molar-refractivity contribution in [2.75, 3.05) is 5.32 Å². The monoisotopic (exact) mass is 510 g/mol. The normalized spacial score (nSPS) is 12.4. The number of halogens is 1. The van der Waals surface area contributed by atoms with E-state index in [2.05, 4.69) is 26.6 Å². The number of amides is 2. The van der Waals surface area contributed by atoms with E-state index < -0.39 is 18.3 Å². The van der Waals surface area contributed by atoms with Gasteiger partial charge < -0.3 is 14.8 Å². The fourth-order valence-electron chi connectivity index (χ4n) is 3.38. The van der Waals surface area contributed by atoms with Gasteiger partial charge in [0.05, 0.1) is 6.04 Å². The van der Waals surface area contributed by atoms with E-state index in [0.29, 0.717) is 5.69 Å². The number of benzene rings is 3. The summed E-state index contributed by atoms with van der Waals surface area (Å²) < 4.78 is 11.8. The molecule has 0 aliphatic rings. The third kappa shape index (κ3) is 7.36. The summed E-state index contributed by atoms with van der Waals surface area (Å²) >= 11 is 3.44. The number of rotatable bonds is 7. The second-order valence-electron chi connectivity index (χ2n) is 7.73. The number of hydrogen-bond acceptors (Lipinski definition) is 4. The Labute approximate surface area is 202 Å². The van der Waals surface area contributed by atoms with E-state index in [1.54, 1.807) is 18.2 Å². The van der Waals surface area contributed by atoms with Crippen molar-refractivity contribution in [1.29, 1.82) is 0 Å². The molecular weight excluding hydrogens is 484 g/mol. The molecule has 6 nitrogen and oxygen atoms in total. The first-order chi connectivity index (χ1) is 15.8. The molecule has 33 heavy (non-hydrogen) atoms. The molecule has 2 unspecified atom stereocenters. The molecular formula is C26H27BrN2O4. The maximum absolute atomic E-state index is 12.4. The number of anilines is 1. The molecule has 0 radical (unpaired) electrons. The van der Waals surface area contributed by atoms with Gasteiger partial charge in [-0.1, -0.05) is 64.5 Å². The van der Waals surface area contributed by atoms with Gasteiger partial charge >= 0.3 is 12.2 Å². The molecule has 0 spiro atoms. The Balaban J connectivity index is 1.53. The van der Waals surface area contributed by atoms with Crippen LogP contribution in [-0.4, -0.2) is 12.2 Å². The number of carbonyl (C=O) groups excluding carboxylic acids is 2. The van der Waals surface area contributed by atoms with Crippen molar-refractivity contribution >= 4 is 33.8 Å². The fraction of sp³-hybridized carbons (Fsp3) is 0.231. The summed E-state index contributed by atoms with van der Waals surface area (Å²) in [5.41, 5.74) is 4.28. The predicted molar refractivity (Wildman–Crippen MR) is 132 cm³/mol. The number of aryl methyl sites for hydroxylation is 1. The molecule has 0 bridgehead atoms. The molecule has 0 saturated heterocycles. The van der Waals surface area contributed by atoms with Crippen LogP contribution in [0.2, 0.25) is 0 Å². The van der Waals surface area contributed by atoms with Crippen molar-refractivity contribution in [2.45, 2.75) is 39.5 Å². The molecule has 0 fully saturated rings. The van der Waals surface area contributed by atoms with Gasteiger partial charge in [-0.3, -0.25) is 5.32 Å². The van der Waals surface area contributed by atoms with Gasteiger partial charge in [0.15, 0.2) is 0 Å². The van der Waals surface area contributed by atoms with Crippen molar-refractivity contribution in [3.05, 3.63) is 99.5 Å². The van der Waals surface area contributed by atoms with E-state index in [4.69, 9.17) is 9.47 Å². The lowest BCUT2D eigenvalue weighted by atomic mass is 10.0. The van der Waals surface area contributed by atoms with Crippen LogP contribution in [0.3, 0.4) is 0 Å². The molecule has 172 valence electrons. The molecule has 3 aromatic rings. The van der Waals surface area contributed by atoms with Crippen LogP contribution >= 0.6 is 15.9 Å². The Morgan fingerprint density at radius 3 is 2.42 bits per heavy atom. The van der Waals surface area contributed by atoms with Crippen LogP contribution in [0.4, 0.5) is 15.3 Å². The molecule has 7 heteroatoms. The van der Waals surface area contributed by atoms with Crippen molar-refractivity contribution < 1.29 is 19.1 Å². The molecule has 0 saturated carbocycles. The average Bonchev–Trinajstić information content (AvgIpc) is 2.78. The van der Waals surface area contributed by atoms with Crippen molar-refractivity contribution in [3.63, 3.8) is 0 Å². The largest absolute Gasteiger partial charge is 0.445 e. The summed E-state index contributed by atoms with van der Waals surface area (Å²) in [7, 11) is 0. The first-order valence-electron chi connectivity index (χ1n) is 10.6. The zero-order chi connectivity index (χ0) is 23.8. The van der Waals surface area contributed by atoms with Crippen LogP contribution in [0.15, 0.2) is 77.3 Å². The van der Waals surface area contributed by atoms with Gasteiger partial charge in [0.25, 0.3) is 0 Å². The van der Waals surface area contributed by atoms with Gasteiger partial charge in [-0.05, 0) is 67.3 Å². The zero-order valence-corrected chi connectivity index (χ0v) is 20.4. The number of hydrogen-bond donors (Lipinski definition) is 2. The molecule has 0 aliphatic carbocycles. The van der Waals surface area contributed by atoms with Gasteiger partial charge in [-0.15, -0.1) is 0 Å². The molecule has 2 amide bonds. The Morgan fingerprint density at radius 1 is 0.939 bits per heavy atom. The van der Waals surface area contributed by atoms with E-state index in [0.717, 1.165) is 26.7 Å². The fourth-order valence-corrected chi connectivity index (χ4v) is 3.85. The minimum atomic E-state index is -0.551. The Hall–Kier alpha value is -3.32. The topological polar surface area (TPSA) is 76.7 Å². The lowest BCUT2D eigenvalue weighted by molar-refractivity contribution is 0.121. The molecule has 0 aliphatic heterocycles. The second kappa shape index (κ2) is 11.5. The Morgan fingerprint density at radius 2 is 1.70 bits per heavy atom. The summed E-state index contributed by atoms with van der Waals surface area (Å²) in [6.45, 7) is 5.85. The molecule has 2 N–H and O–H groups in total. The van der Waals surface area contributed by atoms with Crippen LogP contribution < -0.4 is 10.6 Å². The highest BCUT2D eigenvalue weighted by Gasteiger charge is 2.15. The SMILES string of the molecule is Cc1cc(Br)ccc1C(C)OC(=O)Nc1cccc(C(C)NC(=O)OCc2ccccc2)c1. The first-order valence-corrected chi connectivity index (χ1v) is 11.4. The molecule has 0 heterocycles. The van der Waals surface area contributed by atoms with Gasteiger partial charge in [-0.25, -0.2) is 9.59 Å². The lowest BCUT2D eigenvalue weighted by Crippen LogP contribution is -2.27. The summed E-state index contributed by atoms with van der Waals surface area (Å²) in [6.07, 6.45) is -1.46. The van der Waals surface area contributed by atoms with Gasteiger partial charge in [0.2, 0.25) is 0 Å². The van der Waals surface area contributed by atoms with Gasteiger partial charge in [-0.2, -0.15) is 0 Å². The number of ether oxygens (including phenoxy) is 2. The van der Waals surface area contributed by atoms with Crippen LogP contribution in [0, 0.1) is 6.92 Å². The van der Waals surface area contributed by atoms with E-state index in [9.17, 15) is 9.59 Å². The lowest BCUT2D eigenvalue weighted by Gasteiger charge is -2.18. The third-order valence-corrected chi connectivity index (χ3v) is 5.63. The maximum Gasteiger partial charge on any atom is 0.412 e. The molecule has 2 atom stereocenters. The number of alkyl carbamates (subject to hydrolysis) is 1. The smallest absolute Gasteiger partial charge is 0.412 e. The standard InChI is InChI=1S/C26H27BrN2O4/c1-17-14-22(27)12-13-24(17)19(3)33-26(31)29-23-11-7-10-21(15-23)18(2)28-25(30)32-16-20-8-5-4-6-9-20/h4-15,18-19H,16H2,1-3H3,(H,28,30)(H,29,31). The third-order valence-electron chi connectivity index (χ3n) is 5.13. The molecule has 3 rings (SSSR count). The van der Waals surface area contributed by atoms with Crippen LogP contribution in [0.5, 0.6) is 0 Å². The van der Waals surface area contributed by atoms with Gasteiger partial charge in [0.1, 0.15) is 12.7 Å². The summed E-state index contributed by atoms with van der Waals surface area (Å²) in [6, 6.07) is 22.2. The zero-order valence-electron chi connectivity index (χ0n) is 18.8. The van der Waals surface area contributed by atoms with E-state index in [-0.39, 0.29) is 12.6 Å². The summed E-state index contributed by atoms with van der Waals surface area (Å²) in [5.74, 6) is 0. The van der Waals surface area contributed by atoms with Crippen LogP contribution in [0.1, 0.15) is 48.2 Å². The Kier molecular flexibility index (Phi) is 8.49. The highest BCUT2D eigenvalue weighted by atomic mass is 79.9.